The highest BCUT2D eigenvalue weighted by molar-refractivity contribution is 5.91. The topological polar surface area (TPSA) is 64.3 Å². The number of hydrogen-bond acceptors (Lipinski definition) is 3. The van der Waals surface area contributed by atoms with Gasteiger partial charge in [0.2, 0.25) is 0 Å². The molecule has 0 aliphatic heterocycles. The van der Waals surface area contributed by atoms with Crippen LogP contribution in [0.4, 0.5) is 11.4 Å². The number of aryl methyl sites for hydroxylation is 2. The molecule has 4 heteroatoms. The maximum Gasteiger partial charge on any atom is 0.262 e. The molecule has 2 rings (SSSR count). The van der Waals surface area contributed by atoms with Gasteiger partial charge in [0, 0.05) is 11.4 Å². The van der Waals surface area contributed by atoms with Gasteiger partial charge >= 0.3 is 0 Å². The lowest BCUT2D eigenvalue weighted by Crippen LogP contribution is -2.20. The summed E-state index contributed by atoms with van der Waals surface area (Å²) < 4.78 is 5.43. The van der Waals surface area contributed by atoms with Crippen molar-refractivity contribution in [2.24, 2.45) is 0 Å². The van der Waals surface area contributed by atoms with E-state index in [0.29, 0.717) is 11.4 Å². The van der Waals surface area contributed by atoms with Gasteiger partial charge in [-0.25, -0.2) is 0 Å². The van der Waals surface area contributed by atoms with Crippen LogP contribution in [0.5, 0.6) is 5.75 Å². The van der Waals surface area contributed by atoms with Crippen LogP contribution in [0, 0.1) is 13.8 Å². The van der Waals surface area contributed by atoms with Crippen LogP contribution >= 0.6 is 0 Å². The van der Waals surface area contributed by atoms with Crippen LogP contribution in [0.3, 0.4) is 0 Å². The highest BCUT2D eigenvalue weighted by atomic mass is 16.5. The number of amides is 1. The first-order valence-electron chi connectivity index (χ1n) is 6.40. The number of rotatable bonds is 4. The van der Waals surface area contributed by atoms with E-state index in [0.717, 1.165) is 16.8 Å². The van der Waals surface area contributed by atoms with Crippen LogP contribution in [0.2, 0.25) is 0 Å². The van der Waals surface area contributed by atoms with Gasteiger partial charge < -0.3 is 15.8 Å². The zero-order valence-electron chi connectivity index (χ0n) is 11.6. The van der Waals surface area contributed by atoms with E-state index in [4.69, 9.17) is 10.5 Å². The summed E-state index contributed by atoms with van der Waals surface area (Å²) in [5.74, 6) is 0.444. The number of nitrogen functional groups attached to an aromatic ring is 1. The van der Waals surface area contributed by atoms with Crippen molar-refractivity contribution in [3.05, 3.63) is 53.6 Å². The number of nitrogens with two attached hydrogens (primary N) is 1. The lowest BCUT2D eigenvalue weighted by Gasteiger charge is -2.09. The number of benzene rings is 2. The Hall–Kier alpha value is -2.49. The van der Waals surface area contributed by atoms with E-state index in [1.54, 1.807) is 12.1 Å². The quantitative estimate of drug-likeness (QED) is 0.840. The number of carbonyl (C=O) groups is 1. The standard InChI is InChI=1S/C16H18N2O2/c1-11-3-5-13(6-4-11)18-16(19)10-20-14-7-8-15(17)12(2)9-14/h3-9H,10,17H2,1-2H3,(H,18,19). The lowest BCUT2D eigenvalue weighted by molar-refractivity contribution is -0.118. The van der Waals surface area contributed by atoms with Crippen LogP contribution in [0.25, 0.3) is 0 Å². The predicted octanol–water partition coefficient (Wildman–Crippen LogP) is 2.90. The molecule has 0 heterocycles. The smallest absolute Gasteiger partial charge is 0.262 e. The third kappa shape index (κ3) is 3.75. The summed E-state index contributed by atoms with van der Waals surface area (Å²) in [7, 11) is 0. The Morgan fingerprint density at radius 3 is 2.50 bits per heavy atom. The van der Waals surface area contributed by atoms with Gasteiger partial charge in [0.1, 0.15) is 5.75 Å². The average molecular weight is 270 g/mol. The Morgan fingerprint density at radius 1 is 1.15 bits per heavy atom. The summed E-state index contributed by atoms with van der Waals surface area (Å²) in [5.41, 5.74) is 9.28. The Bertz CT molecular complexity index is 606. The number of nitrogens with one attached hydrogen (secondary N) is 1. The van der Waals surface area contributed by atoms with Crippen molar-refractivity contribution in [2.45, 2.75) is 13.8 Å². The molecule has 0 atom stereocenters. The minimum Gasteiger partial charge on any atom is -0.484 e. The molecule has 0 bridgehead atoms. The fourth-order valence-corrected chi connectivity index (χ4v) is 1.72. The van der Waals surface area contributed by atoms with E-state index < -0.39 is 0 Å². The molecular weight excluding hydrogens is 252 g/mol. The number of hydrogen-bond donors (Lipinski definition) is 2. The van der Waals surface area contributed by atoms with Crippen molar-refractivity contribution in [1.82, 2.24) is 0 Å². The third-order valence-electron chi connectivity index (χ3n) is 2.95. The van der Waals surface area contributed by atoms with Gasteiger partial charge in [-0.2, -0.15) is 0 Å². The summed E-state index contributed by atoms with van der Waals surface area (Å²) in [5, 5.41) is 2.78. The fourth-order valence-electron chi connectivity index (χ4n) is 1.72. The fraction of sp³-hybridized carbons (Fsp3) is 0.188. The molecule has 1 amide bonds. The molecule has 0 saturated carbocycles. The first-order valence-corrected chi connectivity index (χ1v) is 6.40. The van der Waals surface area contributed by atoms with Gasteiger partial charge in [-0.1, -0.05) is 17.7 Å². The van der Waals surface area contributed by atoms with Gasteiger partial charge in [0.25, 0.3) is 5.91 Å². The van der Waals surface area contributed by atoms with Crippen molar-refractivity contribution < 1.29 is 9.53 Å². The molecule has 4 nitrogen and oxygen atoms in total. The second-order valence-corrected chi connectivity index (χ2v) is 4.72. The maximum atomic E-state index is 11.8. The van der Waals surface area contributed by atoms with Crippen LogP contribution in [-0.2, 0) is 4.79 Å². The Kier molecular flexibility index (Phi) is 4.25. The monoisotopic (exact) mass is 270 g/mol. The summed E-state index contributed by atoms with van der Waals surface area (Å²) in [4.78, 5) is 11.8. The molecule has 3 N–H and O–H groups in total. The molecule has 104 valence electrons. The van der Waals surface area contributed by atoms with Crippen molar-refractivity contribution >= 4 is 17.3 Å². The third-order valence-corrected chi connectivity index (χ3v) is 2.95. The summed E-state index contributed by atoms with van der Waals surface area (Å²) >= 11 is 0. The summed E-state index contributed by atoms with van der Waals surface area (Å²) in [6.07, 6.45) is 0. The first kappa shape index (κ1) is 13.9. The minimum atomic E-state index is -0.191. The highest BCUT2D eigenvalue weighted by Crippen LogP contribution is 2.18. The van der Waals surface area contributed by atoms with Gasteiger partial charge in [0.15, 0.2) is 6.61 Å². The molecule has 0 aromatic heterocycles. The number of anilines is 2. The molecule has 20 heavy (non-hydrogen) atoms. The van der Waals surface area contributed by atoms with Crippen molar-refractivity contribution in [2.75, 3.05) is 17.7 Å². The molecule has 0 unspecified atom stereocenters. The highest BCUT2D eigenvalue weighted by Gasteiger charge is 2.04. The Morgan fingerprint density at radius 2 is 1.85 bits per heavy atom. The molecule has 0 saturated heterocycles. The Labute approximate surface area is 118 Å². The number of carbonyl (C=O) groups excluding carboxylic acids is 1. The normalized spacial score (nSPS) is 10.1. The molecule has 0 aliphatic carbocycles. The van der Waals surface area contributed by atoms with Crippen molar-refractivity contribution in [3.8, 4) is 5.75 Å². The van der Waals surface area contributed by atoms with Crippen LogP contribution in [0.1, 0.15) is 11.1 Å². The first-order chi connectivity index (χ1) is 9.54. The number of ether oxygens (including phenoxy) is 1. The van der Waals surface area contributed by atoms with Gasteiger partial charge in [-0.05, 0) is 49.7 Å². The maximum absolute atomic E-state index is 11.8. The molecule has 2 aromatic rings. The van der Waals surface area contributed by atoms with Gasteiger partial charge in [-0.3, -0.25) is 4.79 Å². The second-order valence-electron chi connectivity index (χ2n) is 4.72. The van der Waals surface area contributed by atoms with E-state index >= 15 is 0 Å². The van der Waals surface area contributed by atoms with Crippen LogP contribution in [0.15, 0.2) is 42.5 Å². The van der Waals surface area contributed by atoms with E-state index in [1.807, 2.05) is 44.2 Å². The van der Waals surface area contributed by atoms with E-state index in [-0.39, 0.29) is 12.5 Å². The molecule has 0 radical (unpaired) electrons. The SMILES string of the molecule is Cc1ccc(NC(=O)COc2ccc(N)c(C)c2)cc1. The lowest BCUT2D eigenvalue weighted by atomic mass is 10.2. The summed E-state index contributed by atoms with van der Waals surface area (Å²) in [6, 6.07) is 12.9. The van der Waals surface area contributed by atoms with Crippen LogP contribution in [-0.4, -0.2) is 12.5 Å². The zero-order valence-corrected chi connectivity index (χ0v) is 11.6. The second kappa shape index (κ2) is 6.10. The predicted molar refractivity (Wildman–Crippen MR) is 80.9 cm³/mol. The molecule has 0 aliphatic rings. The minimum absolute atomic E-state index is 0.0305. The molecule has 2 aromatic carbocycles. The van der Waals surface area contributed by atoms with Crippen LogP contribution < -0.4 is 15.8 Å². The molecular formula is C16H18N2O2. The van der Waals surface area contributed by atoms with E-state index in [2.05, 4.69) is 5.32 Å². The summed E-state index contributed by atoms with van der Waals surface area (Å²) in [6.45, 7) is 3.87. The largest absolute Gasteiger partial charge is 0.484 e. The molecule has 0 spiro atoms. The van der Waals surface area contributed by atoms with Crippen molar-refractivity contribution in [3.63, 3.8) is 0 Å². The van der Waals surface area contributed by atoms with Crippen molar-refractivity contribution in [1.29, 1.82) is 0 Å². The van der Waals surface area contributed by atoms with Gasteiger partial charge in [-0.15, -0.1) is 0 Å². The molecule has 0 fully saturated rings. The van der Waals surface area contributed by atoms with Gasteiger partial charge in [0.05, 0.1) is 0 Å². The van der Waals surface area contributed by atoms with E-state index in [9.17, 15) is 4.79 Å². The van der Waals surface area contributed by atoms with E-state index in [1.165, 1.54) is 0 Å². The average Bonchev–Trinajstić information content (AvgIpc) is 2.43. The zero-order chi connectivity index (χ0) is 14.5. The Balaban J connectivity index is 1.88.